The molecule has 8 nitrogen and oxygen atoms in total. The van der Waals surface area contributed by atoms with E-state index in [1.165, 1.54) is 11.3 Å². The molecule has 30 heavy (non-hydrogen) atoms. The lowest BCUT2D eigenvalue weighted by Gasteiger charge is -2.32. The van der Waals surface area contributed by atoms with Gasteiger partial charge in [0.25, 0.3) is 0 Å². The first-order chi connectivity index (χ1) is 14.6. The van der Waals surface area contributed by atoms with Crippen molar-refractivity contribution in [1.29, 1.82) is 0 Å². The molecule has 1 aliphatic heterocycles. The summed E-state index contributed by atoms with van der Waals surface area (Å²) in [4.78, 5) is 14.5. The van der Waals surface area contributed by atoms with Gasteiger partial charge in [-0.25, -0.2) is 0 Å². The number of carbonyl (C=O) groups is 1. The molecule has 1 aromatic carbocycles. The Hall–Kier alpha value is -2.49. The van der Waals surface area contributed by atoms with Gasteiger partial charge in [0.1, 0.15) is 0 Å². The van der Waals surface area contributed by atoms with Crippen LogP contribution in [-0.4, -0.2) is 45.4 Å². The molecule has 0 bridgehead atoms. The van der Waals surface area contributed by atoms with Gasteiger partial charge in [-0.1, -0.05) is 34.5 Å². The molecule has 0 spiro atoms. The Morgan fingerprint density at radius 1 is 1.13 bits per heavy atom. The predicted octanol–water partition coefficient (Wildman–Crippen LogP) is 3.90. The maximum atomic E-state index is 12.3. The molecule has 1 aliphatic rings. The van der Waals surface area contributed by atoms with Crippen molar-refractivity contribution in [1.82, 2.24) is 20.4 Å². The molecule has 1 amide bonds. The van der Waals surface area contributed by atoms with Crippen LogP contribution in [0.2, 0.25) is 10.0 Å². The van der Waals surface area contributed by atoms with Gasteiger partial charge in [0.2, 0.25) is 16.2 Å². The van der Waals surface area contributed by atoms with E-state index in [1.807, 2.05) is 12.1 Å². The standard InChI is InChI=1S/C19H19Cl2N7OS/c20-13-3-4-15(21)12(10-13)11-17(29)24-19-27-26-18(30-19)23-14-5-8-28(9-6-14)16-2-1-7-22-25-16/h1-4,7,10,14H,5-6,8-9,11H2,(H,23,26)(H,24,27,29). The number of nitrogens with one attached hydrogen (secondary N) is 2. The minimum atomic E-state index is -0.223. The Bertz CT molecular complexity index is 1010. The van der Waals surface area contributed by atoms with Crippen molar-refractivity contribution >= 4 is 56.5 Å². The van der Waals surface area contributed by atoms with E-state index in [4.69, 9.17) is 23.2 Å². The quantitative estimate of drug-likeness (QED) is 0.571. The number of benzene rings is 1. The van der Waals surface area contributed by atoms with Crippen LogP contribution in [0.5, 0.6) is 0 Å². The zero-order valence-electron chi connectivity index (χ0n) is 15.9. The number of piperidine rings is 1. The highest BCUT2D eigenvalue weighted by Crippen LogP contribution is 2.25. The number of aromatic nitrogens is 4. The smallest absolute Gasteiger partial charge is 0.230 e. The largest absolute Gasteiger partial charge is 0.357 e. The minimum Gasteiger partial charge on any atom is -0.357 e. The second-order valence-corrected chi connectivity index (χ2v) is 8.68. The van der Waals surface area contributed by atoms with Crippen LogP contribution >= 0.6 is 34.5 Å². The molecule has 3 heterocycles. The number of rotatable bonds is 6. The number of carbonyl (C=O) groups excluding carboxylic acids is 1. The zero-order valence-corrected chi connectivity index (χ0v) is 18.2. The Kier molecular flexibility index (Phi) is 6.61. The van der Waals surface area contributed by atoms with E-state index in [1.54, 1.807) is 24.4 Å². The first-order valence-corrected chi connectivity index (χ1v) is 11.0. The van der Waals surface area contributed by atoms with Gasteiger partial charge >= 0.3 is 0 Å². The second kappa shape index (κ2) is 9.55. The third kappa shape index (κ3) is 5.35. The van der Waals surface area contributed by atoms with Crippen molar-refractivity contribution in [2.45, 2.75) is 25.3 Å². The van der Waals surface area contributed by atoms with E-state index in [0.29, 0.717) is 31.9 Å². The van der Waals surface area contributed by atoms with Gasteiger partial charge < -0.3 is 15.5 Å². The van der Waals surface area contributed by atoms with Crippen LogP contribution in [0, 0.1) is 0 Å². The summed E-state index contributed by atoms with van der Waals surface area (Å²) < 4.78 is 0. The number of hydrogen-bond acceptors (Lipinski definition) is 8. The summed E-state index contributed by atoms with van der Waals surface area (Å²) in [5.74, 6) is 0.677. The van der Waals surface area contributed by atoms with Crippen molar-refractivity contribution in [3.05, 3.63) is 52.1 Å². The van der Waals surface area contributed by atoms with Gasteiger partial charge in [0.05, 0.1) is 6.42 Å². The molecular formula is C19H19Cl2N7OS. The van der Waals surface area contributed by atoms with Crippen molar-refractivity contribution in [3.8, 4) is 0 Å². The van der Waals surface area contributed by atoms with Crippen molar-refractivity contribution in [3.63, 3.8) is 0 Å². The van der Waals surface area contributed by atoms with E-state index in [-0.39, 0.29) is 12.3 Å². The maximum Gasteiger partial charge on any atom is 0.230 e. The van der Waals surface area contributed by atoms with Crippen LogP contribution < -0.4 is 15.5 Å². The van der Waals surface area contributed by atoms with Gasteiger partial charge in [-0.3, -0.25) is 4.79 Å². The monoisotopic (exact) mass is 463 g/mol. The van der Waals surface area contributed by atoms with Crippen LogP contribution in [0.25, 0.3) is 0 Å². The number of halogens is 2. The summed E-state index contributed by atoms with van der Waals surface area (Å²) in [7, 11) is 0. The number of hydrogen-bond donors (Lipinski definition) is 2. The highest BCUT2D eigenvalue weighted by molar-refractivity contribution is 7.19. The highest BCUT2D eigenvalue weighted by Gasteiger charge is 2.21. The zero-order chi connectivity index (χ0) is 20.9. The number of anilines is 3. The molecule has 4 rings (SSSR count). The van der Waals surface area contributed by atoms with E-state index in [0.717, 1.165) is 31.7 Å². The maximum absolute atomic E-state index is 12.3. The number of nitrogens with zero attached hydrogens (tertiary/aromatic N) is 5. The number of amides is 1. The fraction of sp³-hybridized carbons (Fsp3) is 0.316. The summed E-state index contributed by atoms with van der Waals surface area (Å²) in [5, 5.41) is 24.6. The van der Waals surface area contributed by atoms with E-state index in [2.05, 4.69) is 35.9 Å². The van der Waals surface area contributed by atoms with E-state index < -0.39 is 0 Å². The summed E-state index contributed by atoms with van der Waals surface area (Å²) in [6.45, 7) is 1.78. The molecule has 0 unspecified atom stereocenters. The summed E-state index contributed by atoms with van der Waals surface area (Å²) >= 11 is 13.4. The molecule has 3 aromatic rings. The molecule has 2 aromatic heterocycles. The fourth-order valence-electron chi connectivity index (χ4n) is 3.24. The van der Waals surface area contributed by atoms with Crippen molar-refractivity contribution in [2.24, 2.45) is 0 Å². The molecular weight excluding hydrogens is 445 g/mol. The molecule has 1 fully saturated rings. The van der Waals surface area contributed by atoms with Gasteiger partial charge in [-0.05, 0) is 48.7 Å². The molecule has 156 valence electrons. The molecule has 0 aliphatic carbocycles. The Morgan fingerprint density at radius 2 is 1.93 bits per heavy atom. The van der Waals surface area contributed by atoms with Gasteiger partial charge in [-0.2, -0.15) is 5.10 Å². The van der Waals surface area contributed by atoms with Gasteiger partial charge in [0, 0.05) is 35.4 Å². The Labute approximate surface area is 187 Å². The van der Waals surface area contributed by atoms with Crippen LogP contribution in [0.4, 0.5) is 16.1 Å². The molecule has 2 N–H and O–H groups in total. The lowest BCUT2D eigenvalue weighted by Crippen LogP contribution is -2.39. The molecule has 0 saturated carbocycles. The molecule has 11 heteroatoms. The molecule has 1 saturated heterocycles. The molecule has 0 atom stereocenters. The van der Waals surface area contributed by atoms with E-state index >= 15 is 0 Å². The Balaban J connectivity index is 1.27. The third-order valence-electron chi connectivity index (χ3n) is 4.73. The lowest BCUT2D eigenvalue weighted by molar-refractivity contribution is -0.115. The average molecular weight is 464 g/mol. The van der Waals surface area contributed by atoms with Crippen LogP contribution in [0.15, 0.2) is 36.5 Å². The average Bonchev–Trinajstić information content (AvgIpc) is 3.18. The fourth-order valence-corrected chi connectivity index (χ4v) is 4.35. The van der Waals surface area contributed by atoms with Gasteiger partial charge in [-0.15, -0.1) is 15.3 Å². The van der Waals surface area contributed by atoms with Gasteiger partial charge in [0.15, 0.2) is 5.82 Å². The summed E-state index contributed by atoms with van der Waals surface area (Å²) in [6.07, 6.45) is 3.69. The highest BCUT2D eigenvalue weighted by atomic mass is 35.5. The van der Waals surface area contributed by atoms with Crippen LogP contribution in [0.1, 0.15) is 18.4 Å². The normalized spacial score (nSPS) is 14.5. The first kappa shape index (κ1) is 20.8. The second-order valence-electron chi connectivity index (χ2n) is 6.86. The SMILES string of the molecule is O=C(Cc1cc(Cl)ccc1Cl)Nc1nnc(NC2CCN(c3cccnn3)CC2)s1. The van der Waals surface area contributed by atoms with E-state index in [9.17, 15) is 4.79 Å². The summed E-state index contributed by atoms with van der Waals surface area (Å²) in [6, 6.07) is 9.20. The minimum absolute atomic E-state index is 0.114. The first-order valence-electron chi connectivity index (χ1n) is 9.43. The summed E-state index contributed by atoms with van der Waals surface area (Å²) in [5.41, 5.74) is 0.666. The van der Waals surface area contributed by atoms with Crippen molar-refractivity contribution < 1.29 is 4.79 Å². The van der Waals surface area contributed by atoms with Crippen LogP contribution in [0.3, 0.4) is 0 Å². The topological polar surface area (TPSA) is 95.9 Å². The lowest BCUT2D eigenvalue weighted by atomic mass is 10.1. The predicted molar refractivity (Wildman–Crippen MR) is 120 cm³/mol. The van der Waals surface area contributed by atoms with Crippen molar-refractivity contribution in [2.75, 3.05) is 28.6 Å². The third-order valence-corrected chi connectivity index (χ3v) is 6.11. The molecule has 0 radical (unpaired) electrons. The Morgan fingerprint density at radius 3 is 2.70 bits per heavy atom. The van der Waals surface area contributed by atoms with Crippen LogP contribution in [-0.2, 0) is 11.2 Å².